The van der Waals surface area contributed by atoms with E-state index in [1.807, 2.05) is 0 Å². The second-order valence-corrected chi connectivity index (χ2v) is 8.69. The summed E-state index contributed by atoms with van der Waals surface area (Å²) in [4.78, 5) is 0. The molecule has 0 bridgehead atoms. The van der Waals surface area contributed by atoms with E-state index in [4.69, 9.17) is 0 Å². The molecule has 148 valence electrons. The van der Waals surface area contributed by atoms with Gasteiger partial charge in [0, 0.05) is 0 Å². The van der Waals surface area contributed by atoms with Crippen LogP contribution in [0.25, 0.3) is 21.9 Å². The fraction of sp³-hybridized carbons (Fsp3) is 0.0968. The summed E-state index contributed by atoms with van der Waals surface area (Å²) in [7, 11) is 0. The van der Waals surface area contributed by atoms with Crippen LogP contribution in [0.2, 0.25) is 0 Å². The molecule has 0 saturated carbocycles. The van der Waals surface area contributed by atoms with E-state index >= 15 is 0 Å². The summed E-state index contributed by atoms with van der Waals surface area (Å²) in [6.07, 6.45) is 0. The molecule has 5 aromatic rings. The first kappa shape index (κ1) is 18.2. The molecular formula is C31H24. The Morgan fingerprint density at radius 3 is 1.74 bits per heavy atom. The first-order valence-electron chi connectivity index (χ1n) is 11.0. The third kappa shape index (κ3) is 2.42. The molecule has 1 aliphatic carbocycles. The molecule has 31 heavy (non-hydrogen) atoms. The van der Waals surface area contributed by atoms with Crippen molar-refractivity contribution in [3.63, 3.8) is 0 Å². The van der Waals surface area contributed by atoms with E-state index in [0.29, 0.717) is 0 Å². The molecular weight excluding hydrogens is 372 g/mol. The molecule has 0 nitrogen and oxygen atoms in total. The fourth-order valence-electron chi connectivity index (χ4n) is 5.64. The van der Waals surface area contributed by atoms with E-state index in [9.17, 15) is 0 Å². The minimum atomic E-state index is -0.325. The van der Waals surface area contributed by atoms with Gasteiger partial charge in [0.2, 0.25) is 0 Å². The zero-order valence-corrected chi connectivity index (χ0v) is 17.9. The molecule has 0 aromatic heterocycles. The van der Waals surface area contributed by atoms with Crippen LogP contribution < -0.4 is 0 Å². The van der Waals surface area contributed by atoms with E-state index in [1.54, 1.807) is 0 Å². The minimum absolute atomic E-state index is 0.325. The van der Waals surface area contributed by atoms with E-state index in [2.05, 4.69) is 123 Å². The number of aryl methyl sites for hydroxylation is 2. The SMILES string of the molecule is Cc1ccc2c(c1)C(c1ccccc1)(c1ccccc1)c1cc(C)c3ccccc3c1-2. The Bertz CT molecular complexity index is 1390. The lowest BCUT2D eigenvalue weighted by atomic mass is 9.67. The van der Waals surface area contributed by atoms with Gasteiger partial charge in [-0.15, -0.1) is 0 Å². The van der Waals surface area contributed by atoms with E-state index in [0.717, 1.165) is 0 Å². The fourth-order valence-corrected chi connectivity index (χ4v) is 5.64. The summed E-state index contributed by atoms with van der Waals surface area (Å²) in [6, 6.07) is 40.3. The van der Waals surface area contributed by atoms with Gasteiger partial charge in [-0.2, -0.15) is 0 Å². The molecule has 0 radical (unpaired) electrons. The summed E-state index contributed by atoms with van der Waals surface area (Å²) in [5, 5.41) is 2.68. The van der Waals surface area contributed by atoms with Gasteiger partial charge in [0.15, 0.2) is 0 Å². The largest absolute Gasteiger partial charge is 0.0713 e. The van der Waals surface area contributed by atoms with Crippen molar-refractivity contribution in [1.29, 1.82) is 0 Å². The van der Waals surface area contributed by atoms with Gasteiger partial charge < -0.3 is 0 Å². The van der Waals surface area contributed by atoms with Gasteiger partial charge in [0.1, 0.15) is 0 Å². The lowest BCUT2D eigenvalue weighted by Gasteiger charge is -2.34. The van der Waals surface area contributed by atoms with Crippen LogP contribution in [0.4, 0.5) is 0 Å². The Labute approximate surface area is 183 Å². The first-order chi connectivity index (χ1) is 15.2. The Morgan fingerprint density at radius 1 is 0.516 bits per heavy atom. The molecule has 0 heterocycles. The molecule has 0 unspecified atom stereocenters. The monoisotopic (exact) mass is 396 g/mol. The Morgan fingerprint density at radius 2 is 1.10 bits per heavy atom. The maximum absolute atomic E-state index is 2.44. The van der Waals surface area contributed by atoms with Crippen molar-refractivity contribution in [3.8, 4) is 11.1 Å². The number of hydrogen-bond donors (Lipinski definition) is 0. The molecule has 0 spiro atoms. The second kappa shape index (κ2) is 6.68. The van der Waals surface area contributed by atoms with Crippen LogP contribution in [-0.4, -0.2) is 0 Å². The van der Waals surface area contributed by atoms with Crippen LogP contribution in [0.3, 0.4) is 0 Å². The quantitative estimate of drug-likeness (QED) is 0.280. The molecule has 0 saturated heterocycles. The standard InChI is InChI=1S/C31H24/c1-21-17-18-27-28(19-21)31(23-11-5-3-6-12-23,24-13-7-4-8-14-24)29-20-22(2)25-15-9-10-16-26(25)30(27)29/h3-20H,1-2H3. The lowest BCUT2D eigenvalue weighted by molar-refractivity contribution is 0.767. The third-order valence-electron chi connectivity index (χ3n) is 6.92. The number of benzene rings is 5. The zero-order chi connectivity index (χ0) is 21.0. The maximum atomic E-state index is 2.44. The Kier molecular flexibility index (Phi) is 3.91. The predicted molar refractivity (Wildman–Crippen MR) is 131 cm³/mol. The number of fused-ring (bicyclic) bond motifs is 5. The van der Waals surface area contributed by atoms with Gasteiger partial charge in [0.25, 0.3) is 0 Å². The van der Waals surface area contributed by atoms with Gasteiger partial charge in [-0.1, -0.05) is 115 Å². The first-order valence-corrected chi connectivity index (χ1v) is 11.0. The summed E-state index contributed by atoms with van der Waals surface area (Å²) < 4.78 is 0. The molecule has 1 aliphatic rings. The molecule has 0 amide bonds. The van der Waals surface area contributed by atoms with Crippen molar-refractivity contribution in [2.24, 2.45) is 0 Å². The average Bonchev–Trinajstić information content (AvgIpc) is 3.10. The van der Waals surface area contributed by atoms with Crippen LogP contribution >= 0.6 is 0 Å². The van der Waals surface area contributed by atoms with Crippen LogP contribution in [0.1, 0.15) is 33.4 Å². The highest BCUT2D eigenvalue weighted by molar-refractivity contribution is 6.05. The number of rotatable bonds is 2. The Balaban J connectivity index is 1.88. The Hall–Kier alpha value is -3.64. The van der Waals surface area contributed by atoms with Gasteiger partial charge in [-0.3, -0.25) is 0 Å². The maximum Gasteiger partial charge on any atom is 0.0713 e. The van der Waals surface area contributed by atoms with Crippen LogP contribution in [-0.2, 0) is 5.41 Å². The van der Waals surface area contributed by atoms with Crippen LogP contribution in [0.5, 0.6) is 0 Å². The minimum Gasteiger partial charge on any atom is -0.0622 e. The van der Waals surface area contributed by atoms with Crippen molar-refractivity contribution in [2.45, 2.75) is 19.3 Å². The van der Waals surface area contributed by atoms with E-state index in [1.165, 1.54) is 55.3 Å². The highest BCUT2D eigenvalue weighted by atomic mass is 14.5. The average molecular weight is 397 g/mol. The van der Waals surface area contributed by atoms with Gasteiger partial charge >= 0.3 is 0 Å². The molecule has 0 aliphatic heterocycles. The summed E-state index contributed by atoms with van der Waals surface area (Å²) in [5.41, 5.74) is 10.4. The smallest absolute Gasteiger partial charge is 0.0622 e. The number of hydrogen-bond acceptors (Lipinski definition) is 0. The summed E-state index contributed by atoms with van der Waals surface area (Å²) >= 11 is 0. The van der Waals surface area contributed by atoms with Gasteiger partial charge in [-0.05, 0) is 63.6 Å². The molecule has 0 heteroatoms. The normalized spacial score (nSPS) is 13.7. The highest BCUT2D eigenvalue weighted by Gasteiger charge is 2.46. The van der Waals surface area contributed by atoms with E-state index in [-0.39, 0.29) is 5.41 Å². The zero-order valence-electron chi connectivity index (χ0n) is 17.9. The molecule has 6 rings (SSSR count). The molecule has 5 aromatic carbocycles. The topological polar surface area (TPSA) is 0 Å². The summed E-state index contributed by atoms with van der Waals surface area (Å²) in [6.45, 7) is 4.45. The van der Waals surface area contributed by atoms with Gasteiger partial charge in [0.05, 0.1) is 5.41 Å². The van der Waals surface area contributed by atoms with Gasteiger partial charge in [-0.25, -0.2) is 0 Å². The van der Waals surface area contributed by atoms with Crippen molar-refractivity contribution in [3.05, 3.63) is 143 Å². The van der Waals surface area contributed by atoms with Crippen molar-refractivity contribution < 1.29 is 0 Å². The van der Waals surface area contributed by atoms with Crippen molar-refractivity contribution in [1.82, 2.24) is 0 Å². The lowest BCUT2D eigenvalue weighted by Crippen LogP contribution is -2.28. The molecule has 0 atom stereocenters. The highest BCUT2D eigenvalue weighted by Crippen LogP contribution is 2.58. The second-order valence-electron chi connectivity index (χ2n) is 8.69. The van der Waals surface area contributed by atoms with Crippen molar-refractivity contribution >= 4 is 10.8 Å². The van der Waals surface area contributed by atoms with E-state index < -0.39 is 0 Å². The predicted octanol–water partition coefficient (Wildman–Crippen LogP) is 7.82. The third-order valence-corrected chi connectivity index (χ3v) is 6.92. The summed E-state index contributed by atoms with van der Waals surface area (Å²) in [5.74, 6) is 0. The molecule has 0 fully saturated rings. The van der Waals surface area contributed by atoms with Crippen LogP contribution in [0, 0.1) is 13.8 Å². The van der Waals surface area contributed by atoms with Crippen LogP contribution in [0.15, 0.2) is 109 Å². The molecule has 0 N–H and O–H groups in total. The van der Waals surface area contributed by atoms with Crippen molar-refractivity contribution in [2.75, 3.05) is 0 Å².